The van der Waals surface area contributed by atoms with Crippen LogP contribution in [-0.2, 0) is 6.54 Å². The van der Waals surface area contributed by atoms with Crippen molar-refractivity contribution in [3.63, 3.8) is 0 Å². The highest BCUT2D eigenvalue weighted by atomic mass is 16.2. The van der Waals surface area contributed by atoms with Crippen LogP contribution in [0.1, 0.15) is 30.0 Å². The van der Waals surface area contributed by atoms with E-state index in [1.807, 2.05) is 10.6 Å². The van der Waals surface area contributed by atoms with Crippen LogP contribution in [0.25, 0.3) is 5.65 Å². The van der Waals surface area contributed by atoms with E-state index in [1.165, 1.54) is 18.4 Å². The predicted molar refractivity (Wildman–Crippen MR) is 75.8 cm³/mol. The van der Waals surface area contributed by atoms with Crippen molar-refractivity contribution in [2.75, 3.05) is 18.0 Å². The van der Waals surface area contributed by atoms with Crippen molar-refractivity contribution >= 4 is 17.4 Å². The Morgan fingerprint density at radius 3 is 2.90 bits per heavy atom. The number of amides is 2. The number of nitrogens with two attached hydrogens (primary N) is 1. The molecule has 1 aliphatic heterocycles. The summed E-state index contributed by atoms with van der Waals surface area (Å²) in [5.41, 5.74) is 9.52. The number of aromatic nitrogens is 2. The summed E-state index contributed by atoms with van der Waals surface area (Å²) in [5.74, 6) is 0.632. The zero-order valence-corrected chi connectivity index (χ0v) is 11.2. The highest BCUT2D eigenvalue weighted by Crippen LogP contribution is 2.41. The van der Waals surface area contributed by atoms with Crippen molar-refractivity contribution in [1.29, 1.82) is 0 Å². The molecular formula is C14H17N5O. The molecule has 4 rings (SSSR count). The van der Waals surface area contributed by atoms with Gasteiger partial charge in [-0.25, -0.2) is 9.78 Å². The molecule has 0 aromatic carbocycles. The number of carbonyl (C=O) groups excluding carboxylic acids is 1. The molecule has 1 aliphatic carbocycles. The van der Waals surface area contributed by atoms with Crippen LogP contribution in [0.3, 0.4) is 0 Å². The maximum atomic E-state index is 11.9. The highest BCUT2D eigenvalue weighted by Gasteiger charge is 2.29. The van der Waals surface area contributed by atoms with E-state index in [2.05, 4.69) is 22.6 Å². The maximum Gasteiger partial charge on any atom is 0.322 e. The smallest absolute Gasteiger partial charge is 0.322 e. The topological polar surface area (TPSA) is 75.7 Å². The van der Waals surface area contributed by atoms with Gasteiger partial charge >= 0.3 is 6.03 Å². The summed E-state index contributed by atoms with van der Waals surface area (Å²) >= 11 is 0. The number of hydrogen-bond acceptors (Lipinski definition) is 3. The van der Waals surface area contributed by atoms with Crippen molar-refractivity contribution in [2.24, 2.45) is 5.73 Å². The van der Waals surface area contributed by atoms with Crippen molar-refractivity contribution in [2.45, 2.75) is 25.3 Å². The molecule has 20 heavy (non-hydrogen) atoms. The van der Waals surface area contributed by atoms with Gasteiger partial charge in [-0.05, 0) is 30.4 Å². The lowest BCUT2D eigenvalue weighted by Crippen LogP contribution is -2.28. The van der Waals surface area contributed by atoms with E-state index < -0.39 is 0 Å². The van der Waals surface area contributed by atoms with Gasteiger partial charge in [-0.1, -0.05) is 0 Å². The number of rotatable bonds is 3. The minimum Gasteiger partial charge on any atom is -0.336 e. The number of nitrogens with one attached hydrogen (secondary N) is 1. The molecule has 2 fully saturated rings. The molecule has 2 aliphatic rings. The molecule has 2 amide bonds. The normalized spacial score (nSPS) is 18.9. The Labute approximate surface area is 116 Å². The third-order valence-corrected chi connectivity index (χ3v) is 4.01. The number of pyridine rings is 1. The summed E-state index contributed by atoms with van der Waals surface area (Å²) in [4.78, 5) is 18.3. The first kappa shape index (κ1) is 11.7. The highest BCUT2D eigenvalue weighted by molar-refractivity contribution is 5.97. The van der Waals surface area contributed by atoms with Crippen LogP contribution in [0.2, 0.25) is 0 Å². The van der Waals surface area contributed by atoms with E-state index in [-0.39, 0.29) is 6.03 Å². The molecule has 104 valence electrons. The molecule has 6 heteroatoms. The molecule has 0 atom stereocenters. The fourth-order valence-electron chi connectivity index (χ4n) is 2.79. The second-order valence-electron chi connectivity index (χ2n) is 5.48. The number of urea groups is 1. The van der Waals surface area contributed by atoms with Gasteiger partial charge in [0.25, 0.3) is 0 Å². The van der Waals surface area contributed by atoms with Crippen LogP contribution in [-0.4, -0.2) is 28.5 Å². The lowest BCUT2D eigenvalue weighted by molar-refractivity contribution is 0.252. The zero-order valence-electron chi connectivity index (χ0n) is 11.2. The summed E-state index contributed by atoms with van der Waals surface area (Å²) in [6.07, 6.45) is 6.54. The Hall–Kier alpha value is -2.08. The number of nitrogens with zero attached hydrogens (tertiary/aromatic N) is 3. The van der Waals surface area contributed by atoms with Gasteiger partial charge in [-0.15, -0.1) is 0 Å². The SMILES string of the molecule is NCc1cn2cc(C3CC3)cc(N3CCNC3=O)c2n1. The maximum absolute atomic E-state index is 11.9. The average Bonchev–Trinajstić information content (AvgIpc) is 3.08. The summed E-state index contributed by atoms with van der Waals surface area (Å²) in [7, 11) is 0. The summed E-state index contributed by atoms with van der Waals surface area (Å²) in [6.45, 7) is 1.78. The fraction of sp³-hybridized carbons (Fsp3) is 0.429. The number of fused-ring (bicyclic) bond motifs is 1. The largest absolute Gasteiger partial charge is 0.336 e. The van der Waals surface area contributed by atoms with E-state index in [0.29, 0.717) is 25.6 Å². The minimum absolute atomic E-state index is 0.0443. The summed E-state index contributed by atoms with van der Waals surface area (Å²) < 4.78 is 2.01. The number of imidazole rings is 1. The first-order chi connectivity index (χ1) is 9.76. The molecule has 0 bridgehead atoms. The van der Waals surface area contributed by atoms with E-state index in [9.17, 15) is 4.79 Å². The molecule has 1 saturated heterocycles. The van der Waals surface area contributed by atoms with Gasteiger partial charge in [0, 0.05) is 32.0 Å². The van der Waals surface area contributed by atoms with Gasteiger partial charge in [0.1, 0.15) is 0 Å². The Balaban J connectivity index is 1.90. The fourth-order valence-corrected chi connectivity index (χ4v) is 2.79. The van der Waals surface area contributed by atoms with Crippen LogP contribution in [0.4, 0.5) is 10.5 Å². The molecule has 2 aromatic heterocycles. The van der Waals surface area contributed by atoms with Crippen LogP contribution in [0.5, 0.6) is 0 Å². The van der Waals surface area contributed by atoms with Crippen molar-refractivity contribution < 1.29 is 4.79 Å². The number of carbonyl (C=O) groups is 1. The average molecular weight is 271 g/mol. The molecule has 3 heterocycles. The van der Waals surface area contributed by atoms with E-state index >= 15 is 0 Å². The van der Waals surface area contributed by atoms with Crippen LogP contribution >= 0.6 is 0 Å². The Morgan fingerprint density at radius 1 is 1.40 bits per heavy atom. The van der Waals surface area contributed by atoms with Crippen LogP contribution in [0.15, 0.2) is 18.5 Å². The second-order valence-corrected chi connectivity index (χ2v) is 5.48. The molecule has 3 N–H and O–H groups in total. The molecular weight excluding hydrogens is 254 g/mol. The molecule has 0 spiro atoms. The quantitative estimate of drug-likeness (QED) is 0.880. The lowest BCUT2D eigenvalue weighted by atomic mass is 10.1. The molecule has 6 nitrogen and oxygen atoms in total. The number of hydrogen-bond donors (Lipinski definition) is 2. The second kappa shape index (κ2) is 4.21. The first-order valence-electron chi connectivity index (χ1n) is 7.03. The van der Waals surface area contributed by atoms with Gasteiger partial charge in [-0.3, -0.25) is 4.90 Å². The number of anilines is 1. The van der Waals surface area contributed by atoms with E-state index in [0.717, 1.165) is 17.0 Å². The van der Waals surface area contributed by atoms with E-state index in [1.54, 1.807) is 4.90 Å². The van der Waals surface area contributed by atoms with Crippen molar-refractivity contribution in [1.82, 2.24) is 14.7 Å². The van der Waals surface area contributed by atoms with Gasteiger partial charge < -0.3 is 15.5 Å². The third kappa shape index (κ3) is 1.76. The lowest BCUT2D eigenvalue weighted by Gasteiger charge is -2.16. The third-order valence-electron chi connectivity index (χ3n) is 4.01. The first-order valence-corrected chi connectivity index (χ1v) is 7.03. The molecule has 0 unspecified atom stereocenters. The molecule has 1 saturated carbocycles. The van der Waals surface area contributed by atoms with Crippen molar-refractivity contribution in [3.05, 3.63) is 29.7 Å². The van der Waals surface area contributed by atoms with Crippen LogP contribution in [0, 0.1) is 0 Å². The van der Waals surface area contributed by atoms with Crippen molar-refractivity contribution in [3.8, 4) is 0 Å². The monoisotopic (exact) mass is 271 g/mol. The van der Waals surface area contributed by atoms with Crippen LogP contribution < -0.4 is 16.0 Å². The Morgan fingerprint density at radius 2 is 2.25 bits per heavy atom. The zero-order chi connectivity index (χ0) is 13.7. The summed E-state index contributed by atoms with van der Waals surface area (Å²) in [5, 5.41) is 2.84. The summed E-state index contributed by atoms with van der Waals surface area (Å²) in [6, 6.07) is 2.07. The van der Waals surface area contributed by atoms with Gasteiger partial charge in [0.2, 0.25) is 0 Å². The van der Waals surface area contributed by atoms with E-state index in [4.69, 9.17) is 5.73 Å². The standard InChI is InChI=1S/C14H17N5O/c15-6-11-8-18-7-10(9-1-2-9)5-12(13(18)17-11)19-4-3-16-14(19)20/h5,7-9H,1-4,6,15H2,(H,16,20). The predicted octanol–water partition coefficient (Wildman–Crippen LogP) is 1.20. The minimum atomic E-state index is -0.0443. The van der Waals surface area contributed by atoms with Gasteiger partial charge in [0.05, 0.1) is 11.4 Å². The van der Waals surface area contributed by atoms with Gasteiger partial charge in [-0.2, -0.15) is 0 Å². The molecule has 0 radical (unpaired) electrons. The Kier molecular flexibility index (Phi) is 2.47. The molecule has 2 aromatic rings. The Bertz CT molecular complexity index is 688. The van der Waals surface area contributed by atoms with Gasteiger partial charge in [0.15, 0.2) is 5.65 Å².